The smallest absolute Gasteiger partial charge is 0.438 e. The van der Waals surface area contributed by atoms with Crippen LogP contribution < -0.4 is 9.47 Å². The van der Waals surface area contributed by atoms with Gasteiger partial charge in [-0.25, -0.2) is 19.2 Å². The van der Waals surface area contributed by atoms with Crippen molar-refractivity contribution in [2.24, 2.45) is 0 Å². The molecule has 0 saturated heterocycles. The highest BCUT2D eigenvalue weighted by Crippen LogP contribution is 2.37. The molecule has 0 radical (unpaired) electrons. The Morgan fingerprint density at radius 2 is 0.929 bits per heavy atom. The molecule has 0 N–H and O–H groups in total. The first kappa shape index (κ1) is 22.3. The number of hydrogen-bond donors (Lipinski definition) is 0. The Hall–Kier alpha value is -3.70. The van der Waals surface area contributed by atoms with Gasteiger partial charge >= 0.3 is 24.6 Å². The lowest BCUT2D eigenvalue weighted by Gasteiger charge is -2.17. The topological polar surface area (TPSA) is 142 Å². The van der Waals surface area contributed by atoms with E-state index in [1.165, 1.54) is 12.1 Å². The summed E-state index contributed by atoms with van der Waals surface area (Å²) >= 11 is 0. The minimum Gasteiger partial charge on any atom is -0.438 e. The molecule has 28 heavy (non-hydrogen) atoms. The summed E-state index contributed by atoms with van der Waals surface area (Å²) in [6.45, 7) is -0.816. The number of methoxy groups -OCH3 is 4. The molecule has 0 amide bonds. The molecule has 12 nitrogen and oxygen atoms in total. The van der Waals surface area contributed by atoms with Gasteiger partial charge in [0.25, 0.3) is 0 Å². The molecule has 0 bridgehead atoms. The second kappa shape index (κ2) is 11.1. The summed E-state index contributed by atoms with van der Waals surface area (Å²) in [4.78, 5) is 45.6. The summed E-state index contributed by atoms with van der Waals surface area (Å²) in [5.74, 6) is -0.653. The van der Waals surface area contributed by atoms with Crippen molar-refractivity contribution in [1.82, 2.24) is 0 Å². The Balaban J connectivity index is 3.36. The summed E-state index contributed by atoms with van der Waals surface area (Å²) < 4.78 is 37.2. The number of hydrogen-bond acceptors (Lipinski definition) is 12. The van der Waals surface area contributed by atoms with Crippen LogP contribution in [0.15, 0.2) is 12.1 Å². The molecule has 0 saturated carbocycles. The van der Waals surface area contributed by atoms with Crippen LogP contribution in [0.25, 0.3) is 0 Å². The molecule has 0 aliphatic rings. The highest BCUT2D eigenvalue weighted by atomic mass is 16.7. The normalized spacial score (nSPS) is 9.57. The molecule has 1 aromatic rings. The van der Waals surface area contributed by atoms with Gasteiger partial charge in [-0.2, -0.15) is 0 Å². The Morgan fingerprint density at radius 1 is 0.607 bits per heavy atom. The van der Waals surface area contributed by atoms with E-state index >= 15 is 0 Å². The molecule has 0 aliphatic heterocycles. The molecule has 0 atom stereocenters. The van der Waals surface area contributed by atoms with Gasteiger partial charge in [0.15, 0.2) is 11.5 Å². The van der Waals surface area contributed by atoms with E-state index in [-0.39, 0.29) is 22.6 Å². The molecular weight excluding hydrogens is 384 g/mol. The fourth-order valence-corrected chi connectivity index (χ4v) is 1.74. The molecule has 0 aliphatic carbocycles. The SMILES string of the molecule is COC(=O)OCc1ccc(COC(=O)OC)c(OC(=O)OC)c1OC(=O)OC. The second-order valence-electron chi connectivity index (χ2n) is 4.64. The van der Waals surface area contributed by atoms with Gasteiger partial charge in [-0.15, -0.1) is 0 Å². The Kier molecular flexibility index (Phi) is 8.86. The van der Waals surface area contributed by atoms with E-state index in [0.29, 0.717) is 0 Å². The van der Waals surface area contributed by atoms with E-state index < -0.39 is 37.8 Å². The van der Waals surface area contributed by atoms with Crippen LogP contribution >= 0.6 is 0 Å². The lowest BCUT2D eigenvalue weighted by atomic mass is 10.1. The molecule has 0 fully saturated rings. The maximum Gasteiger partial charge on any atom is 0.513 e. The van der Waals surface area contributed by atoms with Crippen LogP contribution in [0.2, 0.25) is 0 Å². The average molecular weight is 402 g/mol. The highest BCUT2D eigenvalue weighted by Gasteiger charge is 2.24. The third-order valence-electron chi connectivity index (χ3n) is 3.00. The molecule has 1 aromatic carbocycles. The maximum absolute atomic E-state index is 11.6. The van der Waals surface area contributed by atoms with Crippen LogP contribution in [0.1, 0.15) is 11.1 Å². The van der Waals surface area contributed by atoms with Crippen molar-refractivity contribution in [1.29, 1.82) is 0 Å². The van der Waals surface area contributed by atoms with Gasteiger partial charge in [-0.05, 0) is 0 Å². The van der Waals surface area contributed by atoms with Crippen molar-refractivity contribution in [2.45, 2.75) is 13.2 Å². The van der Waals surface area contributed by atoms with Gasteiger partial charge in [0.1, 0.15) is 13.2 Å². The minimum atomic E-state index is -1.15. The van der Waals surface area contributed by atoms with E-state index in [4.69, 9.17) is 18.9 Å². The van der Waals surface area contributed by atoms with E-state index in [0.717, 1.165) is 28.4 Å². The zero-order valence-corrected chi connectivity index (χ0v) is 15.5. The molecule has 0 unspecified atom stereocenters. The van der Waals surface area contributed by atoms with Crippen molar-refractivity contribution in [3.8, 4) is 11.5 Å². The third-order valence-corrected chi connectivity index (χ3v) is 3.00. The summed E-state index contributed by atoms with van der Waals surface area (Å²) in [7, 11) is 4.32. The van der Waals surface area contributed by atoms with E-state index in [1.54, 1.807) is 0 Å². The summed E-state index contributed by atoms with van der Waals surface area (Å²) in [6, 6.07) is 2.75. The molecule has 0 spiro atoms. The number of benzene rings is 1. The number of carbonyl (C=O) groups excluding carboxylic acids is 4. The first-order valence-corrected chi connectivity index (χ1v) is 7.44. The minimum absolute atomic E-state index is 0.108. The predicted octanol–water partition coefficient (Wildman–Crippen LogP) is 2.54. The van der Waals surface area contributed by atoms with Gasteiger partial charge in [0, 0.05) is 11.1 Å². The largest absolute Gasteiger partial charge is 0.513 e. The van der Waals surface area contributed by atoms with Crippen LogP contribution in [-0.4, -0.2) is 53.1 Å². The van der Waals surface area contributed by atoms with Crippen molar-refractivity contribution >= 4 is 24.6 Å². The Labute approximate surface area is 159 Å². The van der Waals surface area contributed by atoms with E-state index in [1.807, 2.05) is 0 Å². The fourth-order valence-electron chi connectivity index (χ4n) is 1.74. The van der Waals surface area contributed by atoms with Gasteiger partial charge < -0.3 is 37.9 Å². The van der Waals surface area contributed by atoms with Crippen LogP contribution in [0.5, 0.6) is 11.5 Å². The summed E-state index contributed by atoms with van der Waals surface area (Å²) in [5, 5.41) is 0. The highest BCUT2D eigenvalue weighted by molar-refractivity contribution is 5.71. The van der Waals surface area contributed by atoms with Gasteiger partial charge in [-0.1, -0.05) is 12.1 Å². The monoisotopic (exact) mass is 402 g/mol. The first-order chi connectivity index (χ1) is 13.4. The van der Waals surface area contributed by atoms with Crippen molar-refractivity contribution in [3.05, 3.63) is 23.3 Å². The summed E-state index contributed by atoms with van der Waals surface area (Å²) in [5.41, 5.74) is 0.216. The molecule has 0 aromatic heterocycles. The first-order valence-electron chi connectivity index (χ1n) is 7.44. The van der Waals surface area contributed by atoms with Crippen LogP contribution in [0.3, 0.4) is 0 Å². The standard InChI is InChI=1S/C16H18O12/c1-21-13(17)25-7-9-5-6-10(8-26-14(18)22-2)12(28-16(20)24-4)11(9)27-15(19)23-3/h5-6H,7-8H2,1-4H3. The number of carbonyl (C=O) groups is 4. The molecule has 1 rings (SSSR count). The molecule has 0 heterocycles. The third kappa shape index (κ3) is 6.55. The molecule has 154 valence electrons. The lowest BCUT2D eigenvalue weighted by molar-refractivity contribution is 0.0632. The number of rotatable bonds is 6. The van der Waals surface area contributed by atoms with Gasteiger partial charge in [0.05, 0.1) is 28.4 Å². The summed E-state index contributed by atoms with van der Waals surface area (Å²) in [6.07, 6.45) is -4.31. The van der Waals surface area contributed by atoms with Crippen molar-refractivity contribution < 1.29 is 57.1 Å². The predicted molar refractivity (Wildman–Crippen MR) is 86.9 cm³/mol. The fraction of sp³-hybridized carbons (Fsp3) is 0.375. The quantitative estimate of drug-likeness (QED) is 0.392. The average Bonchev–Trinajstić information content (AvgIpc) is 2.71. The zero-order valence-electron chi connectivity index (χ0n) is 15.5. The zero-order chi connectivity index (χ0) is 21.1. The van der Waals surface area contributed by atoms with Crippen LogP contribution in [0, 0.1) is 0 Å². The van der Waals surface area contributed by atoms with E-state index in [9.17, 15) is 19.2 Å². The Morgan fingerprint density at radius 3 is 1.21 bits per heavy atom. The molecular formula is C16H18O12. The maximum atomic E-state index is 11.6. The molecule has 12 heteroatoms. The second-order valence-corrected chi connectivity index (χ2v) is 4.64. The number of ether oxygens (including phenoxy) is 8. The van der Waals surface area contributed by atoms with Gasteiger partial charge in [0.2, 0.25) is 0 Å². The van der Waals surface area contributed by atoms with Crippen LogP contribution in [0.4, 0.5) is 19.2 Å². The Bertz CT molecular complexity index is 666. The van der Waals surface area contributed by atoms with E-state index in [2.05, 4.69) is 18.9 Å². The van der Waals surface area contributed by atoms with Crippen molar-refractivity contribution in [2.75, 3.05) is 28.4 Å². The lowest BCUT2D eigenvalue weighted by Crippen LogP contribution is -2.16. The van der Waals surface area contributed by atoms with Crippen molar-refractivity contribution in [3.63, 3.8) is 0 Å². The van der Waals surface area contributed by atoms with Gasteiger partial charge in [-0.3, -0.25) is 0 Å². The van der Waals surface area contributed by atoms with Crippen LogP contribution in [-0.2, 0) is 41.6 Å².